The molecule has 1 rings (SSSR count). The number of nitrogens with zero attached hydrogens (tertiary/aromatic N) is 1. The van der Waals surface area contributed by atoms with E-state index in [1.54, 1.807) is 0 Å². The Kier molecular flexibility index (Phi) is 5.17. The molecule has 0 aliphatic carbocycles. The van der Waals surface area contributed by atoms with Crippen LogP contribution in [0.15, 0.2) is 30.3 Å². The Morgan fingerprint density at radius 1 is 1.07 bits per heavy atom. The lowest BCUT2D eigenvalue weighted by atomic mass is 9.94. The fourth-order valence-corrected chi connectivity index (χ4v) is 1.25. The van der Waals surface area contributed by atoms with Crippen molar-refractivity contribution in [3.8, 4) is 0 Å². The molecule has 0 heterocycles. The minimum Gasteiger partial charge on any atom is -0.304 e. The maximum atomic E-state index is 2.26. The van der Waals surface area contributed by atoms with Gasteiger partial charge >= 0.3 is 0 Å². The smallest absolute Gasteiger partial charge is 0.0187 e. The van der Waals surface area contributed by atoms with Gasteiger partial charge in [0.15, 0.2) is 0 Å². The van der Waals surface area contributed by atoms with Crippen molar-refractivity contribution < 1.29 is 0 Å². The third kappa shape index (κ3) is 3.69. The van der Waals surface area contributed by atoms with Gasteiger partial charge in [-0.25, -0.2) is 0 Å². The highest BCUT2D eigenvalue weighted by molar-refractivity contribution is 5.85. The van der Waals surface area contributed by atoms with Crippen LogP contribution in [0.3, 0.4) is 0 Å². The van der Waals surface area contributed by atoms with Crippen LogP contribution < -0.4 is 0 Å². The van der Waals surface area contributed by atoms with Crippen molar-refractivity contribution >= 4 is 12.4 Å². The lowest BCUT2D eigenvalue weighted by Gasteiger charge is -2.32. The van der Waals surface area contributed by atoms with E-state index >= 15 is 0 Å². The first-order valence-corrected chi connectivity index (χ1v) is 4.74. The molecule has 0 unspecified atom stereocenters. The first kappa shape index (κ1) is 13.5. The molecule has 0 fully saturated rings. The SMILES string of the molecule is CN(C)C(C)(C)Cc1ccccc1.Cl. The Labute approximate surface area is 93.5 Å². The van der Waals surface area contributed by atoms with E-state index in [0.717, 1.165) is 6.42 Å². The Hall–Kier alpha value is -0.530. The normalized spacial score (nSPS) is 11.2. The van der Waals surface area contributed by atoms with Gasteiger partial charge in [-0.15, -0.1) is 12.4 Å². The number of rotatable bonds is 3. The lowest BCUT2D eigenvalue weighted by Crippen LogP contribution is -2.40. The molecule has 0 N–H and O–H groups in total. The summed E-state index contributed by atoms with van der Waals surface area (Å²) in [4.78, 5) is 2.26. The van der Waals surface area contributed by atoms with Crippen molar-refractivity contribution in [3.63, 3.8) is 0 Å². The zero-order valence-electron chi connectivity index (χ0n) is 9.45. The first-order valence-electron chi connectivity index (χ1n) is 4.74. The first-order chi connectivity index (χ1) is 6.02. The molecule has 0 amide bonds. The quantitative estimate of drug-likeness (QED) is 0.746. The minimum atomic E-state index is 0. The Morgan fingerprint density at radius 3 is 2.00 bits per heavy atom. The maximum Gasteiger partial charge on any atom is 0.0187 e. The summed E-state index contributed by atoms with van der Waals surface area (Å²) in [5, 5.41) is 0. The van der Waals surface area contributed by atoms with E-state index in [0.29, 0.717) is 0 Å². The lowest BCUT2D eigenvalue weighted by molar-refractivity contribution is 0.195. The van der Waals surface area contributed by atoms with Gasteiger partial charge in [0.2, 0.25) is 0 Å². The van der Waals surface area contributed by atoms with Crippen molar-refractivity contribution in [1.82, 2.24) is 4.90 Å². The summed E-state index contributed by atoms with van der Waals surface area (Å²) in [6.45, 7) is 4.53. The Balaban J connectivity index is 0.00000169. The van der Waals surface area contributed by atoms with Gasteiger partial charge in [-0.1, -0.05) is 30.3 Å². The second-order valence-electron chi connectivity index (χ2n) is 4.37. The third-order valence-electron chi connectivity index (χ3n) is 2.69. The van der Waals surface area contributed by atoms with Crippen LogP contribution in [0.2, 0.25) is 0 Å². The van der Waals surface area contributed by atoms with Crippen molar-refractivity contribution in [3.05, 3.63) is 35.9 Å². The minimum absolute atomic E-state index is 0. The molecular weight excluding hydrogens is 194 g/mol. The van der Waals surface area contributed by atoms with Gasteiger partial charge in [-0.05, 0) is 39.9 Å². The highest BCUT2D eigenvalue weighted by atomic mass is 35.5. The van der Waals surface area contributed by atoms with E-state index < -0.39 is 0 Å². The zero-order chi connectivity index (χ0) is 9.90. The fraction of sp³-hybridized carbons (Fsp3) is 0.500. The Bertz CT molecular complexity index is 254. The van der Waals surface area contributed by atoms with E-state index in [4.69, 9.17) is 0 Å². The van der Waals surface area contributed by atoms with Gasteiger partial charge in [-0.2, -0.15) is 0 Å². The van der Waals surface area contributed by atoms with Crippen LogP contribution in [0.1, 0.15) is 19.4 Å². The number of likely N-dealkylation sites (N-methyl/N-ethyl adjacent to an activating group) is 1. The molecular formula is C12H20ClN. The molecule has 0 saturated carbocycles. The average Bonchev–Trinajstić information content (AvgIpc) is 2.05. The van der Waals surface area contributed by atoms with E-state index in [-0.39, 0.29) is 17.9 Å². The van der Waals surface area contributed by atoms with E-state index in [2.05, 4.69) is 63.2 Å². The molecule has 1 aromatic carbocycles. The van der Waals surface area contributed by atoms with Crippen molar-refractivity contribution in [2.24, 2.45) is 0 Å². The molecule has 0 aliphatic heterocycles. The molecule has 14 heavy (non-hydrogen) atoms. The standard InChI is InChI=1S/C12H19N.ClH/c1-12(2,13(3)4)10-11-8-6-5-7-9-11;/h5-9H,10H2,1-4H3;1H. The number of hydrogen-bond donors (Lipinski definition) is 0. The summed E-state index contributed by atoms with van der Waals surface area (Å²) >= 11 is 0. The maximum absolute atomic E-state index is 2.26. The van der Waals surface area contributed by atoms with Crippen LogP contribution in [0, 0.1) is 0 Å². The molecule has 0 aromatic heterocycles. The summed E-state index contributed by atoms with van der Waals surface area (Å²) in [5.74, 6) is 0. The molecule has 0 atom stereocenters. The summed E-state index contributed by atoms with van der Waals surface area (Å²) in [5.41, 5.74) is 1.64. The third-order valence-corrected chi connectivity index (χ3v) is 2.69. The summed E-state index contributed by atoms with van der Waals surface area (Å²) < 4.78 is 0. The number of benzene rings is 1. The van der Waals surface area contributed by atoms with Gasteiger partial charge in [0.25, 0.3) is 0 Å². The molecule has 0 aliphatic rings. The molecule has 1 aromatic rings. The van der Waals surface area contributed by atoms with Crippen molar-refractivity contribution in [2.45, 2.75) is 25.8 Å². The molecule has 80 valence electrons. The van der Waals surface area contributed by atoms with Crippen LogP contribution in [-0.2, 0) is 6.42 Å². The number of halogens is 1. The Morgan fingerprint density at radius 2 is 1.57 bits per heavy atom. The second-order valence-corrected chi connectivity index (χ2v) is 4.37. The summed E-state index contributed by atoms with van der Waals surface area (Å²) in [6, 6.07) is 10.6. The van der Waals surface area contributed by atoms with Crippen molar-refractivity contribution in [1.29, 1.82) is 0 Å². The van der Waals surface area contributed by atoms with Crippen LogP contribution in [-0.4, -0.2) is 24.5 Å². The average molecular weight is 214 g/mol. The highest BCUT2D eigenvalue weighted by Crippen LogP contribution is 2.16. The van der Waals surface area contributed by atoms with Gasteiger partial charge in [0, 0.05) is 5.54 Å². The largest absolute Gasteiger partial charge is 0.304 e. The van der Waals surface area contributed by atoms with E-state index in [9.17, 15) is 0 Å². The van der Waals surface area contributed by atoms with Gasteiger partial charge < -0.3 is 4.90 Å². The summed E-state index contributed by atoms with van der Waals surface area (Å²) in [6.07, 6.45) is 1.10. The van der Waals surface area contributed by atoms with Crippen LogP contribution >= 0.6 is 12.4 Å². The van der Waals surface area contributed by atoms with Crippen molar-refractivity contribution in [2.75, 3.05) is 14.1 Å². The van der Waals surface area contributed by atoms with E-state index in [1.165, 1.54) is 5.56 Å². The zero-order valence-corrected chi connectivity index (χ0v) is 10.3. The topological polar surface area (TPSA) is 3.24 Å². The second kappa shape index (κ2) is 5.38. The molecule has 0 spiro atoms. The highest BCUT2D eigenvalue weighted by Gasteiger charge is 2.20. The number of hydrogen-bond acceptors (Lipinski definition) is 1. The molecule has 1 nitrogen and oxygen atoms in total. The molecule has 0 bridgehead atoms. The van der Waals surface area contributed by atoms with Crippen LogP contribution in [0.4, 0.5) is 0 Å². The monoisotopic (exact) mass is 213 g/mol. The molecule has 0 saturated heterocycles. The van der Waals surface area contributed by atoms with Gasteiger partial charge in [0.05, 0.1) is 0 Å². The van der Waals surface area contributed by atoms with Crippen LogP contribution in [0.25, 0.3) is 0 Å². The van der Waals surface area contributed by atoms with Crippen LogP contribution in [0.5, 0.6) is 0 Å². The molecule has 0 radical (unpaired) electrons. The van der Waals surface area contributed by atoms with E-state index in [1.807, 2.05) is 0 Å². The predicted octanol–water partition coefficient (Wildman–Crippen LogP) is 2.99. The van der Waals surface area contributed by atoms with Gasteiger partial charge in [-0.3, -0.25) is 0 Å². The molecule has 2 heteroatoms. The fourth-order valence-electron chi connectivity index (χ4n) is 1.25. The summed E-state index contributed by atoms with van der Waals surface area (Å²) in [7, 11) is 4.26. The predicted molar refractivity (Wildman–Crippen MR) is 65.2 cm³/mol. The van der Waals surface area contributed by atoms with Gasteiger partial charge in [0.1, 0.15) is 0 Å².